The number of aromatic nitrogens is 1. The van der Waals surface area contributed by atoms with Gasteiger partial charge in [0, 0.05) is 24.7 Å². The number of benzene rings is 1. The summed E-state index contributed by atoms with van der Waals surface area (Å²) in [6, 6.07) is 10.5. The second kappa shape index (κ2) is 8.18. The van der Waals surface area contributed by atoms with E-state index >= 15 is 0 Å². The Balaban J connectivity index is 2.59. The summed E-state index contributed by atoms with van der Waals surface area (Å²) in [4.78, 5) is 5.35. The predicted molar refractivity (Wildman–Crippen MR) is 105 cm³/mol. The highest BCUT2D eigenvalue weighted by molar-refractivity contribution is 7.73. The molecule has 2 nitrogen and oxygen atoms in total. The standard InChI is InChI=1S/C19H22N2S2/c1-5-15(11-12-20-4)13-21-17(16-9-7-6-8-10-16)18(14(2)3)23-19(21)22/h5-12,14H,1,13H2,2-4H3/b15-11+,20-12-. The van der Waals surface area contributed by atoms with Crippen molar-refractivity contribution in [2.75, 3.05) is 7.05 Å². The van der Waals surface area contributed by atoms with E-state index in [1.807, 2.05) is 18.2 Å². The number of rotatable bonds is 6. The fourth-order valence-corrected chi connectivity index (χ4v) is 3.83. The van der Waals surface area contributed by atoms with E-state index in [-0.39, 0.29) is 0 Å². The topological polar surface area (TPSA) is 17.3 Å². The lowest BCUT2D eigenvalue weighted by molar-refractivity contribution is 0.792. The molecule has 1 aromatic carbocycles. The number of thiazole rings is 1. The molecule has 2 aromatic rings. The molecule has 0 spiro atoms. The van der Waals surface area contributed by atoms with Gasteiger partial charge in [-0.15, -0.1) is 11.3 Å². The van der Waals surface area contributed by atoms with Crippen molar-refractivity contribution in [1.29, 1.82) is 0 Å². The highest BCUT2D eigenvalue weighted by Crippen LogP contribution is 2.35. The van der Waals surface area contributed by atoms with Crippen molar-refractivity contribution in [1.82, 2.24) is 4.57 Å². The van der Waals surface area contributed by atoms with Crippen LogP contribution in [0.4, 0.5) is 0 Å². The van der Waals surface area contributed by atoms with Gasteiger partial charge in [-0.25, -0.2) is 0 Å². The molecule has 2 rings (SSSR count). The summed E-state index contributed by atoms with van der Waals surface area (Å²) >= 11 is 7.35. The number of hydrogen-bond donors (Lipinski definition) is 0. The van der Waals surface area contributed by atoms with Crippen LogP contribution < -0.4 is 0 Å². The number of aliphatic imine (C=N–C) groups is 1. The van der Waals surface area contributed by atoms with Crippen LogP contribution in [0.15, 0.2) is 59.6 Å². The van der Waals surface area contributed by atoms with Crippen molar-refractivity contribution in [2.45, 2.75) is 26.3 Å². The van der Waals surface area contributed by atoms with Gasteiger partial charge in [-0.1, -0.05) is 56.8 Å². The average Bonchev–Trinajstić information content (AvgIpc) is 2.89. The fourth-order valence-electron chi connectivity index (χ4n) is 2.39. The average molecular weight is 343 g/mol. The Morgan fingerprint density at radius 3 is 2.61 bits per heavy atom. The molecule has 0 N–H and O–H groups in total. The lowest BCUT2D eigenvalue weighted by Gasteiger charge is -2.13. The van der Waals surface area contributed by atoms with Crippen LogP contribution in [0.5, 0.6) is 0 Å². The van der Waals surface area contributed by atoms with Gasteiger partial charge in [0.05, 0.1) is 5.69 Å². The maximum absolute atomic E-state index is 5.64. The molecule has 0 atom stereocenters. The van der Waals surface area contributed by atoms with E-state index in [4.69, 9.17) is 12.2 Å². The van der Waals surface area contributed by atoms with Crippen molar-refractivity contribution in [2.24, 2.45) is 4.99 Å². The Kier molecular flexibility index (Phi) is 6.25. The van der Waals surface area contributed by atoms with E-state index in [2.05, 4.69) is 54.3 Å². The largest absolute Gasteiger partial charge is 0.318 e. The second-order valence-corrected chi connectivity index (χ2v) is 7.22. The third-order valence-corrected chi connectivity index (χ3v) is 5.28. The summed E-state index contributed by atoms with van der Waals surface area (Å²) in [5, 5.41) is 0. The molecule has 1 aromatic heterocycles. The van der Waals surface area contributed by atoms with E-state index < -0.39 is 0 Å². The third kappa shape index (κ3) is 4.15. The first kappa shape index (κ1) is 17.6. The van der Waals surface area contributed by atoms with Gasteiger partial charge in [-0.2, -0.15) is 0 Å². The third-order valence-electron chi connectivity index (χ3n) is 3.53. The van der Waals surface area contributed by atoms with Crippen LogP contribution in [0.3, 0.4) is 0 Å². The monoisotopic (exact) mass is 342 g/mol. The van der Waals surface area contributed by atoms with Gasteiger partial charge in [-0.3, -0.25) is 4.99 Å². The van der Waals surface area contributed by atoms with Gasteiger partial charge in [0.15, 0.2) is 3.95 Å². The smallest absolute Gasteiger partial charge is 0.162 e. The quantitative estimate of drug-likeness (QED) is 0.364. The highest BCUT2D eigenvalue weighted by Gasteiger charge is 2.17. The maximum Gasteiger partial charge on any atom is 0.162 e. The molecule has 0 unspecified atom stereocenters. The van der Waals surface area contributed by atoms with Crippen LogP contribution in [0.25, 0.3) is 11.3 Å². The van der Waals surface area contributed by atoms with Crippen LogP contribution >= 0.6 is 23.6 Å². The van der Waals surface area contributed by atoms with Gasteiger partial charge < -0.3 is 4.57 Å². The van der Waals surface area contributed by atoms with Crippen LogP contribution in [0, 0.1) is 3.95 Å². The first-order valence-corrected chi connectivity index (χ1v) is 8.83. The van der Waals surface area contributed by atoms with Crippen LogP contribution in [0.1, 0.15) is 24.6 Å². The van der Waals surface area contributed by atoms with E-state index in [9.17, 15) is 0 Å². The second-order valence-electron chi connectivity index (χ2n) is 5.54. The summed E-state index contributed by atoms with van der Waals surface area (Å²) < 4.78 is 3.11. The summed E-state index contributed by atoms with van der Waals surface area (Å²) in [7, 11) is 1.76. The van der Waals surface area contributed by atoms with Gasteiger partial charge >= 0.3 is 0 Å². The van der Waals surface area contributed by atoms with Crippen molar-refractivity contribution in [3.63, 3.8) is 0 Å². The van der Waals surface area contributed by atoms with E-state index in [0.717, 1.165) is 9.53 Å². The Labute approximate surface area is 147 Å². The van der Waals surface area contributed by atoms with Crippen molar-refractivity contribution in [3.8, 4) is 11.3 Å². The van der Waals surface area contributed by atoms with Gasteiger partial charge in [0.2, 0.25) is 0 Å². The van der Waals surface area contributed by atoms with Gasteiger partial charge in [-0.05, 0) is 35.3 Å². The summed E-state index contributed by atoms with van der Waals surface area (Å²) in [6.45, 7) is 9.05. The molecule has 23 heavy (non-hydrogen) atoms. The predicted octanol–water partition coefficient (Wildman–Crippen LogP) is 5.88. The Morgan fingerprint density at radius 1 is 1.35 bits per heavy atom. The molecule has 4 heteroatoms. The fraction of sp³-hybridized carbons (Fsp3) is 0.263. The van der Waals surface area contributed by atoms with Crippen molar-refractivity contribution in [3.05, 3.63) is 63.5 Å². The molecule has 0 saturated heterocycles. The molecule has 0 amide bonds. The van der Waals surface area contributed by atoms with Gasteiger partial charge in [0.1, 0.15) is 0 Å². The zero-order valence-electron chi connectivity index (χ0n) is 13.8. The molecule has 1 heterocycles. The van der Waals surface area contributed by atoms with E-state index in [0.29, 0.717) is 12.5 Å². The first-order chi connectivity index (χ1) is 11.1. The number of allylic oxidation sites excluding steroid dienone is 3. The molecule has 0 saturated carbocycles. The minimum Gasteiger partial charge on any atom is -0.318 e. The molecule has 0 aliphatic rings. The molecule has 0 bridgehead atoms. The number of nitrogens with zero attached hydrogens (tertiary/aromatic N) is 2. The zero-order chi connectivity index (χ0) is 16.8. The molecule has 0 fully saturated rings. The molecular formula is C19H22N2S2. The highest BCUT2D eigenvalue weighted by atomic mass is 32.1. The zero-order valence-corrected chi connectivity index (χ0v) is 15.5. The molecule has 0 radical (unpaired) electrons. The maximum atomic E-state index is 5.64. The normalized spacial score (nSPS) is 12.3. The van der Waals surface area contributed by atoms with Crippen LogP contribution in [0.2, 0.25) is 0 Å². The molecule has 0 aliphatic heterocycles. The minimum absolute atomic E-state index is 0.437. The van der Waals surface area contributed by atoms with Crippen molar-refractivity contribution < 1.29 is 0 Å². The first-order valence-electron chi connectivity index (χ1n) is 7.61. The van der Waals surface area contributed by atoms with Crippen molar-refractivity contribution >= 4 is 29.8 Å². The molecular weight excluding hydrogens is 320 g/mol. The molecule has 0 aliphatic carbocycles. The lowest BCUT2D eigenvalue weighted by atomic mass is 10.0. The van der Waals surface area contributed by atoms with E-state index in [1.165, 1.54) is 16.1 Å². The van der Waals surface area contributed by atoms with Gasteiger partial charge in [0.25, 0.3) is 0 Å². The lowest BCUT2D eigenvalue weighted by Crippen LogP contribution is -2.04. The Bertz CT molecular complexity index is 777. The van der Waals surface area contributed by atoms with E-state index in [1.54, 1.807) is 24.6 Å². The summed E-state index contributed by atoms with van der Waals surface area (Å²) in [5.74, 6) is 0.437. The minimum atomic E-state index is 0.437. The van der Waals surface area contributed by atoms with Crippen LogP contribution in [-0.4, -0.2) is 17.8 Å². The summed E-state index contributed by atoms with van der Waals surface area (Å²) in [6.07, 6.45) is 5.64. The Morgan fingerprint density at radius 2 is 2.04 bits per heavy atom. The number of hydrogen-bond acceptors (Lipinski definition) is 3. The van der Waals surface area contributed by atoms with Crippen LogP contribution in [-0.2, 0) is 6.54 Å². The Hall–Kier alpha value is -1.78. The SMILES string of the molecule is C=C/C(=C\C=N/C)Cn1c(-c2ccccc2)c(C(C)C)sc1=S. The molecule has 120 valence electrons. The summed E-state index contributed by atoms with van der Waals surface area (Å²) in [5.41, 5.74) is 3.52.